The van der Waals surface area contributed by atoms with Gasteiger partial charge in [0.15, 0.2) is 0 Å². The zero-order valence-corrected chi connectivity index (χ0v) is 13.3. The van der Waals surface area contributed by atoms with Crippen molar-refractivity contribution < 1.29 is 19.1 Å². The largest absolute Gasteiger partial charge is 0.465 e. The van der Waals surface area contributed by atoms with Gasteiger partial charge in [-0.05, 0) is 44.9 Å². The van der Waals surface area contributed by atoms with Crippen LogP contribution in [0.4, 0.5) is 0 Å². The van der Waals surface area contributed by atoms with Crippen LogP contribution in [0, 0.1) is 6.92 Å². The molecule has 1 N–H and O–H groups in total. The Morgan fingerprint density at radius 1 is 1.24 bits per heavy atom. The minimum absolute atomic E-state index is 0.148. The van der Waals surface area contributed by atoms with E-state index in [9.17, 15) is 9.59 Å². The van der Waals surface area contributed by atoms with Crippen LogP contribution < -0.4 is 5.32 Å². The normalized spacial score (nSPS) is 11.1. The summed E-state index contributed by atoms with van der Waals surface area (Å²) in [7, 11) is 1.36. The van der Waals surface area contributed by atoms with Crippen molar-refractivity contribution in [1.29, 1.82) is 0 Å². The number of ether oxygens (including phenoxy) is 2. The van der Waals surface area contributed by atoms with Crippen LogP contribution in [0.5, 0.6) is 0 Å². The number of carbonyl (C=O) groups is 2. The van der Waals surface area contributed by atoms with Gasteiger partial charge in [0, 0.05) is 6.54 Å². The lowest BCUT2D eigenvalue weighted by atomic mass is 10.1. The molecule has 5 nitrogen and oxygen atoms in total. The van der Waals surface area contributed by atoms with Gasteiger partial charge in [0.1, 0.15) is 5.60 Å². The molecule has 0 heterocycles. The summed E-state index contributed by atoms with van der Waals surface area (Å²) in [5.74, 6) is -0.633. The summed E-state index contributed by atoms with van der Waals surface area (Å²) in [4.78, 5) is 23.0. The second-order valence-corrected chi connectivity index (χ2v) is 5.83. The topological polar surface area (TPSA) is 64.6 Å². The van der Waals surface area contributed by atoms with Gasteiger partial charge in [-0.3, -0.25) is 4.79 Å². The van der Waals surface area contributed by atoms with Crippen LogP contribution in [0.1, 0.15) is 42.3 Å². The Hall–Kier alpha value is -1.88. The Morgan fingerprint density at radius 3 is 2.43 bits per heavy atom. The molecule has 0 spiro atoms. The van der Waals surface area contributed by atoms with Gasteiger partial charge in [-0.2, -0.15) is 0 Å². The Kier molecular flexibility index (Phi) is 5.90. The number of hydrogen-bond acceptors (Lipinski definition) is 5. The van der Waals surface area contributed by atoms with E-state index in [-0.39, 0.29) is 18.5 Å². The summed E-state index contributed by atoms with van der Waals surface area (Å²) in [6.45, 7) is 8.03. The summed E-state index contributed by atoms with van der Waals surface area (Å²) in [6, 6.07) is 5.46. The molecule has 0 fully saturated rings. The van der Waals surface area contributed by atoms with Crippen molar-refractivity contribution in [3.63, 3.8) is 0 Å². The number of nitrogens with one attached hydrogen (secondary N) is 1. The van der Waals surface area contributed by atoms with E-state index in [0.29, 0.717) is 12.1 Å². The molecule has 0 radical (unpaired) electrons. The quantitative estimate of drug-likeness (QED) is 0.843. The molecule has 0 bridgehead atoms. The second-order valence-electron chi connectivity index (χ2n) is 5.83. The number of benzene rings is 1. The highest BCUT2D eigenvalue weighted by Gasteiger charge is 2.15. The van der Waals surface area contributed by atoms with E-state index in [4.69, 9.17) is 9.47 Å². The van der Waals surface area contributed by atoms with Crippen molar-refractivity contribution in [3.8, 4) is 0 Å². The molecule has 21 heavy (non-hydrogen) atoms. The monoisotopic (exact) mass is 293 g/mol. The van der Waals surface area contributed by atoms with E-state index in [0.717, 1.165) is 11.1 Å². The molecular weight excluding hydrogens is 270 g/mol. The number of rotatable bonds is 5. The molecule has 5 heteroatoms. The Labute approximate surface area is 125 Å². The molecule has 0 amide bonds. The van der Waals surface area contributed by atoms with Crippen LogP contribution >= 0.6 is 0 Å². The van der Waals surface area contributed by atoms with Gasteiger partial charge in [-0.1, -0.05) is 12.1 Å². The Balaban J connectivity index is 2.52. The van der Waals surface area contributed by atoms with E-state index >= 15 is 0 Å². The zero-order valence-electron chi connectivity index (χ0n) is 13.3. The average Bonchev–Trinajstić information content (AvgIpc) is 2.36. The molecule has 0 aliphatic heterocycles. The third-order valence-corrected chi connectivity index (χ3v) is 2.71. The third kappa shape index (κ3) is 5.95. The van der Waals surface area contributed by atoms with Crippen molar-refractivity contribution >= 4 is 11.9 Å². The van der Waals surface area contributed by atoms with Crippen LogP contribution in [0.25, 0.3) is 0 Å². The van der Waals surface area contributed by atoms with Gasteiger partial charge < -0.3 is 14.8 Å². The highest BCUT2D eigenvalue weighted by atomic mass is 16.6. The zero-order chi connectivity index (χ0) is 16.0. The summed E-state index contributed by atoms with van der Waals surface area (Å²) < 4.78 is 9.90. The van der Waals surface area contributed by atoms with Crippen LogP contribution in [0.3, 0.4) is 0 Å². The van der Waals surface area contributed by atoms with E-state index in [2.05, 4.69) is 5.32 Å². The van der Waals surface area contributed by atoms with Crippen molar-refractivity contribution in [2.45, 2.75) is 39.8 Å². The first-order chi connectivity index (χ1) is 9.73. The molecule has 0 aromatic heterocycles. The lowest BCUT2D eigenvalue weighted by Crippen LogP contribution is -2.31. The van der Waals surface area contributed by atoms with Crippen molar-refractivity contribution in [3.05, 3.63) is 34.9 Å². The van der Waals surface area contributed by atoms with E-state index in [1.54, 1.807) is 6.07 Å². The third-order valence-electron chi connectivity index (χ3n) is 2.71. The number of hydrogen-bond donors (Lipinski definition) is 1. The van der Waals surface area contributed by atoms with E-state index in [1.807, 2.05) is 39.8 Å². The maximum absolute atomic E-state index is 11.6. The maximum atomic E-state index is 11.6. The van der Waals surface area contributed by atoms with Gasteiger partial charge in [-0.25, -0.2) is 4.79 Å². The number of carbonyl (C=O) groups excluding carboxylic acids is 2. The second kappa shape index (κ2) is 7.22. The van der Waals surface area contributed by atoms with Gasteiger partial charge in [0.2, 0.25) is 0 Å². The molecule has 0 aliphatic carbocycles. The molecular formula is C16H23NO4. The highest BCUT2D eigenvalue weighted by Crippen LogP contribution is 2.12. The first-order valence-electron chi connectivity index (χ1n) is 6.83. The predicted octanol–water partition coefficient (Wildman–Crippen LogP) is 2.21. The summed E-state index contributed by atoms with van der Waals surface area (Å²) in [5, 5.41) is 3.02. The summed E-state index contributed by atoms with van der Waals surface area (Å²) >= 11 is 0. The Morgan fingerprint density at radius 2 is 1.90 bits per heavy atom. The molecule has 0 unspecified atom stereocenters. The molecule has 0 atom stereocenters. The molecule has 0 aliphatic rings. The van der Waals surface area contributed by atoms with Gasteiger partial charge in [-0.15, -0.1) is 0 Å². The lowest BCUT2D eigenvalue weighted by molar-refractivity contribution is -0.153. The number of methoxy groups -OCH3 is 1. The van der Waals surface area contributed by atoms with Crippen LogP contribution in [-0.4, -0.2) is 31.2 Å². The summed E-state index contributed by atoms with van der Waals surface area (Å²) in [5.41, 5.74) is 1.91. The molecule has 1 rings (SSSR count). The van der Waals surface area contributed by atoms with Crippen LogP contribution in [-0.2, 0) is 20.8 Å². The van der Waals surface area contributed by atoms with Crippen molar-refractivity contribution in [2.75, 3.05) is 13.7 Å². The first-order valence-corrected chi connectivity index (χ1v) is 6.83. The SMILES string of the molecule is COC(=O)c1ccc(CNCC(=O)OC(C)(C)C)cc1C. The van der Waals surface area contributed by atoms with Gasteiger partial charge >= 0.3 is 11.9 Å². The molecule has 116 valence electrons. The fourth-order valence-corrected chi connectivity index (χ4v) is 1.86. The summed E-state index contributed by atoms with van der Waals surface area (Å²) in [6.07, 6.45) is 0. The molecule has 0 saturated carbocycles. The molecule has 0 saturated heterocycles. The Bertz CT molecular complexity index is 517. The number of esters is 2. The van der Waals surface area contributed by atoms with E-state index < -0.39 is 5.60 Å². The average molecular weight is 293 g/mol. The minimum atomic E-state index is -0.475. The van der Waals surface area contributed by atoms with Crippen LogP contribution in [0.2, 0.25) is 0 Å². The van der Waals surface area contributed by atoms with Crippen molar-refractivity contribution in [1.82, 2.24) is 5.32 Å². The fourth-order valence-electron chi connectivity index (χ4n) is 1.86. The molecule has 1 aromatic rings. The van der Waals surface area contributed by atoms with Crippen molar-refractivity contribution in [2.24, 2.45) is 0 Å². The van der Waals surface area contributed by atoms with E-state index in [1.165, 1.54) is 7.11 Å². The standard InChI is InChI=1S/C16H23NO4/c1-11-8-12(6-7-13(11)15(19)20-5)9-17-10-14(18)21-16(2,3)4/h6-8,17H,9-10H2,1-5H3. The minimum Gasteiger partial charge on any atom is -0.465 e. The number of aryl methyl sites for hydroxylation is 1. The lowest BCUT2D eigenvalue weighted by Gasteiger charge is -2.19. The smallest absolute Gasteiger partial charge is 0.338 e. The first kappa shape index (κ1) is 17.2. The predicted molar refractivity (Wildman–Crippen MR) is 80.1 cm³/mol. The molecule has 1 aromatic carbocycles. The van der Waals surface area contributed by atoms with Gasteiger partial charge in [0.05, 0.1) is 19.2 Å². The highest BCUT2D eigenvalue weighted by molar-refractivity contribution is 5.90. The maximum Gasteiger partial charge on any atom is 0.338 e. The van der Waals surface area contributed by atoms with Gasteiger partial charge in [0.25, 0.3) is 0 Å². The van der Waals surface area contributed by atoms with Crippen LogP contribution in [0.15, 0.2) is 18.2 Å². The fraction of sp³-hybridized carbons (Fsp3) is 0.500.